The maximum absolute atomic E-state index is 12.8. The zero-order chi connectivity index (χ0) is 18.1. The molecule has 3 N–H and O–H groups in total. The number of carboxylic acids is 1. The first-order valence-corrected chi connectivity index (χ1v) is 8.56. The van der Waals surface area contributed by atoms with Crippen LogP contribution in [0.25, 0.3) is 21.8 Å². The number of H-pyrrole nitrogens is 2. The van der Waals surface area contributed by atoms with E-state index in [2.05, 4.69) is 9.97 Å². The van der Waals surface area contributed by atoms with E-state index >= 15 is 0 Å². The molecule has 0 bridgehead atoms. The van der Waals surface area contributed by atoms with Crippen LogP contribution in [0, 0.1) is 0 Å². The van der Waals surface area contributed by atoms with E-state index < -0.39 is 5.97 Å². The number of aliphatic carboxylic acids is 1. The molecule has 4 aromatic rings. The third kappa shape index (κ3) is 3.11. The second-order valence-corrected chi connectivity index (χ2v) is 6.45. The molecule has 0 saturated carbocycles. The molecule has 2 aromatic carbocycles. The van der Waals surface area contributed by atoms with Gasteiger partial charge in [-0.2, -0.15) is 0 Å². The SMILES string of the molecule is O=C(O)CCCc1ccc2[nH]c(C(=O)c3cc4ccccc4[nH]3)cc2c1. The Bertz CT molecular complexity index is 1090. The van der Waals surface area contributed by atoms with Gasteiger partial charge in [0.15, 0.2) is 0 Å². The van der Waals surface area contributed by atoms with Crippen LogP contribution >= 0.6 is 0 Å². The Labute approximate surface area is 149 Å². The number of ketones is 1. The van der Waals surface area contributed by atoms with Gasteiger partial charge in [0.25, 0.3) is 0 Å². The van der Waals surface area contributed by atoms with Crippen molar-refractivity contribution in [3.63, 3.8) is 0 Å². The Hall–Kier alpha value is -3.34. The van der Waals surface area contributed by atoms with Crippen molar-refractivity contribution in [1.82, 2.24) is 9.97 Å². The average molecular weight is 346 g/mol. The average Bonchev–Trinajstić information content (AvgIpc) is 3.24. The van der Waals surface area contributed by atoms with Crippen LogP contribution in [-0.4, -0.2) is 26.8 Å². The summed E-state index contributed by atoms with van der Waals surface area (Å²) < 4.78 is 0. The molecule has 0 atom stereocenters. The summed E-state index contributed by atoms with van der Waals surface area (Å²) in [6, 6.07) is 17.4. The molecule has 2 aromatic heterocycles. The fourth-order valence-corrected chi connectivity index (χ4v) is 3.24. The Morgan fingerprint density at radius 1 is 0.846 bits per heavy atom. The van der Waals surface area contributed by atoms with Crippen LogP contribution in [0.15, 0.2) is 54.6 Å². The highest BCUT2D eigenvalue weighted by atomic mass is 16.4. The van der Waals surface area contributed by atoms with Gasteiger partial charge in [-0.3, -0.25) is 9.59 Å². The number of hydrogen-bond donors (Lipinski definition) is 3. The van der Waals surface area contributed by atoms with E-state index in [-0.39, 0.29) is 12.2 Å². The van der Waals surface area contributed by atoms with Crippen molar-refractivity contribution in [1.29, 1.82) is 0 Å². The fourth-order valence-electron chi connectivity index (χ4n) is 3.24. The van der Waals surface area contributed by atoms with Crippen molar-refractivity contribution in [2.45, 2.75) is 19.3 Å². The number of aromatic amines is 2. The molecule has 0 amide bonds. The van der Waals surface area contributed by atoms with Crippen molar-refractivity contribution >= 4 is 33.6 Å². The standard InChI is InChI=1S/C21H18N2O3/c24-20(25)7-3-4-13-8-9-17-15(10-13)12-19(23-17)21(26)18-11-14-5-1-2-6-16(14)22-18/h1-2,5-6,8-12,22-23H,3-4,7H2,(H,24,25). The van der Waals surface area contributed by atoms with Crippen molar-refractivity contribution in [3.8, 4) is 0 Å². The van der Waals surface area contributed by atoms with Gasteiger partial charge in [-0.05, 0) is 48.7 Å². The van der Waals surface area contributed by atoms with E-state index in [1.165, 1.54) is 0 Å². The maximum atomic E-state index is 12.8. The van der Waals surface area contributed by atoms with Crippen molar-refractivity contribution < 1.29 is 14.7 Å². The first kappa shape index (κ1) is 16.1. The molecule has 0 unspecified atom stereocenters. The second-order valence-electron chi connectivity index (χ2n) is 6.45. The summed E-state index contributed by atoms with van der Waals surface area (Å²) in [5, 5.41) is 10.7. The molecule has 4 rings (SSSR count). The molecule has 26 heavy (non-hydrogen) atoms. The molecule has 0 fully saturated rings. The van der Waals surface area contributed by atoms with Gasteiger partial charge in [-0.25, -0.2) is 0 Å². The number of fused-ring (bicyclic) bond motifs is 2. The number of carbonyl (C=O) groups is 2. The van der Waals surface area contributed by atoms with Gasteiger partial charge in [0.2, 0.25) is 5.78 Å². The molecule has 5 heteroatoms. The highest BCUT2D eigenvalue weighted by molar-refractivity contribution is 6.11. The molecular formula is C21H18N2O3. The molecule has 0 spiro atoms. The lowest BCUT2D eigenvalue weighted by Gasteiger charge is -1.99. The molecule has 130 valence electrons. The van der Waals surface area contributed by atoms with E-state index in [9.17, 15) is 9.59 Å². The number of nitrogens with one attached hydrogen (secondary N) is 2. The monoisotopic (exact) mass is 346 g/mol. The van der Waals surface area contributed by atoms with Crippen LogP contribution in [0.1, 0.15) is 34.6 Å². The number of carboxylic acid groups (broad SMARTS) is 1. The van der Waals surface area contributed by atoms with Gasteiger partial charge in [0.05, 0.1) is 11.4 Å². The van der Waals surface area contributed by atoms with Gasteiger partial charge >= 0.3 is 5.97 Å². The van der Waals surface area contributed by atoms with Crippen LogP contribution in [-0.2, 0) is 11.2 Å². The zero-order valence-corrected chi connectivity index (χ0v) is 14.1. The van der Waals surface area contributed by atoms with E-state index in [1.807, 2.05) is 54.6 Å². The minimum Gasteiger partial charge on any atom is -0.481 e. The summed E-state index contributed by atoms with van der Waals surface area (Å²) in [6.45, 7) is 0. The molecule has 0 saturated heterocycles. The first-order chi connectivity index (χ1) is 12.6. The highest BCUT2D eigenvalue weighted by Crippen LogP contribution is 2.22. The van der Waals surface area contributed by atoms with Gasteiger partial charge in [0.1, 0.15) is 0 Å². The third-order valence-electron chi connectivity index (χ3n) is 4.56. The normalized spacial score (nSPS) is 11.2. The second kappa shape index (κ2) is 6.52. The smallest absolute Gasteiger partial charge is 0.303 e. The van der Waals surface area contributed by atoms with Crippen molar-refractivity contribution in [2.75, 3.05) is 0 Å². The number of benzene rings is 2. The summed E-state index contributed by atoms with van der Waals surface area (Å²) in [5.74, 6) is -0.858. The zero-order valence-electron chi connectivity index (χ0n) is 14.1. The molecular weight excluding hydrogens is 328 g/mol. The lowest BCUT2D eigenvalue weighted by Crippen LogP contribution is -2.01. The van der Waals surface area contributed by atoms with E-state index in [0.29, 0.717) is 24.2 Å². The van der Waals surface area contributed by atoms with E-state index in [0.717, 1.165) is 27.4 Å². The largest absolute Gasteiger partial charge is 0.481 e. The third-order valence-corrected chi connectivity index (χ3v) is 4.56. The minimum absolute atomic E-state index is 0.0789. The van der Waals surface area contributed by atoms with E-state index in [1.54, 1.807) is 0 Å². The van der Waals surface area contributed by atoms with Crippen LogP contribution in [0.5, 0.6) is 0 Å². The molecule has 5 nitrogen and oxygen atoms in total. The maximum Gasteiger partial charge on any atom is 0.303 e. The Kier molecular flexibility index (Phi) is 4.05. The quantitative estimate of drug-likeness (QED) is 0.455. The number of aryl methyl sites for hydroxylation is 1. The van der Waals surface area contributed by atoms with Crippen LogP contribution in [0.3, 0.4) is 0 Å². The first-order valence-electron chi connectivity index (χ1n) is 8.56. The number of aromatic nitrogens is 2. The number of hydrogen-bond acceptors (Lipinski definition) is 2. The van der Waals surface area contributed by atoms with Gasteiger partial charge in [0, 0.05) is 28.2 Å². The van der Waals surface area contributed by atoms with Gasteiger partial charge in [-0.15, -0.1) is 0 Å². The lowest BCUT2D eigenvalue weighted by atomic mass is 10.1. The number of rotatable bonds is 6. The summed E-state index contributed by atoms with van der Waals surface area (Å²) in [5.41, 5.74) is 4.00. The van der Waals surface area contributed by atoms with Gasteiger partial charge < -0.3 is 15.1 Å². The summed E-state index contributed by atoms with van der Waals surface area (Å²) in [6.07, 6.45) is 1.47. The highest BCUT2D eigenvalue weighted by Gasteiger charge is 2.15. The molecule has 0 aliphatic rings. The van der Waals surface area contributed by atoms with E-state index in [4.69, 9.17) is 5.11 Å². The van der Waals surface area contributed by atoms with Crippen LogP contribution in [0.2, 0.25) is 0 Å². The Morgan fingerprint density at radius 3 is 2.27 bits per heavy atom. The van der Waals surface area contributed by atoms with Crippen molar-refractivity contribution in [2.24, 2.45) is 0 Å². The fraction of sp³-hybridized carbons (Fsp3) is 0.143. The number of para-hydroxylation sites is 1. The minimum atomic E-state index is -0.779. The molecule has 0 aliphatic carbocycles. The Balaban J connectivity index is 1.60. The van der Waals surface area contributed by atoms with Gasteiger partial charge in [-0.1, -0.05) is 24.3 Å². The summed E-state index contributed by atoms with van der Waals surface area (Å²) in [4.78, 5) is 29.8. The summed E-state index contributed by atoms with van der Waals surface area (Å²) >= 11 is 0. The summed E-state index contributed by atoms with van der Waals surface area (Å²) in [7, 11) is 0. The van der Waals surface area contributed by atoms with Crippen LogP contribution < -0.4 is 0 Å². The molecule has 0 radical (unpaired) electrons. The number of carbonyl (C=O) groups excluding carboxylic acids is 1. The molecule has 2 heterocycles. The topological polar surface area (TPSA) is 85.9 Å². The van der Waals surface area contributed by atoms with Crippen LogP contribution in [0.4, 0.5) is 0 Å². The van der Waals surface area contributed by atoms with Crippen molar-refractivity contribution in [3.05, 3.63) is 71.5 Å². The predicted octanol–water partition coefficient (Wildman–Crippen LogP) is 4.29. The molecule has 0 aliphatic heterocycles. The predicted molar refractivity (Wildman–Crippen MR) is 101 cm³/mol. The Morgan fingerprint density at radius 2 is 1.54 bits per heavy atom. The lowest BCUT2D eigenvalue weighted by molar-refractivity contribution is -0.137.